The summed E-state index contributed by atoms with van der Waals surface area (Å²) in [5.74, 6) is 0.629. The number of hydrogen-bond donors (Lipinski definition) is 1. The second-order valence-electron chi connectivity index (χ2n) is 3.77. The number of hydrogen-bond acceptors (Lipinski definition) is 2. The number of thioether (sulfide) groups is 1. The van der Waals surface area contributed by atoms with Crippen molar-refractivity contribution in [3.8, 4) is 0 Å². The Bertz CT molecular complexity index is 189. The first-order chi connectivity index (χ1) is 6.97. The van der Waals surface area contributed by atoms with Crippen molar-refractivity contribution in [2.45, 2.75) is 30.1 Å². The molecule has 1 fully saturated rings. The van der Waals surface area contributed by atoms with Crippen molar-refractivity contribution in [2.24, 2.45) is 5.92 Å². The summed E-state index contributed by atoms with van der Waals surface area (Å²) >= 11 is 5.95. The van der Waals surface area contributed by atoms with Crippen molar-refractivity contribution in [2.75, 3.05) is 18.8 Å². The van der Waals surface area contributed by atoms with Crippen LogP contribution in [0.4, 0.5) is 13.2 Å². The Labute approximate surface area is 97.1 Å². The largest absolute Gasteiger partial charge is 0.441 e. The van der Waals surface area contributed by atoms with Gasteiger partial charge in [0.2, 0.25) is 0 Å². The van der Waals surface area contributed by atoms with Crippen molar-refractivity contribution >= 4 is 23.4 Å². The molecule has 0 amide bonds. The third-order valence-electron chi connectivity index (χ3n) is 2.45. The lowest BCUT2D eigenvalue weighted by molar-refractivity contribution is -0.0327. The van der Waals surface area contributed by atoms with Gasteiger partial charge in [-0.25, -0.2) is 0 Å². The van der Waals surface area contributed by atoms with E-state index in [-0.39, 0.29) is 22.9 Å². The third-order valence-corrected chi connectivity index (χ3v) is 3.59. The summed E-state index contributed by atoms with van der Waals surface area (Å²) in [6.07, 6.45) is 3.11. The van der Waals surface area contributed by atoms with Crippen molar-refractivity contribution in [1.29, 1.82) is 0 Å². The molecule has 1 aliphatic rings. The molecule has 0 spiro atoms. The SMILES string of the molecule is FC(F)(F)SCCNCC1CCC(Cl)C1. The molecule has 1 N–H and O–H groups in total. The van der Waals surface area contributed by atoms with Gasteiger partial charge < -0.3 is 5.32 Å². The molecule has 2 atom stereocenters. The first-order valence-corrected chi connectivity index (χ1v) is 6.45. The summed E-state index contributed by atoms with van der Waals surface area (Å²) in [5, 5.41) is 3.31. The quantitative estimate of drug-likeness (QED) is 0.602. The fourth-order valence-electron chi connectivity index (χ4n) is 1.74. The van der Waals surface area contributed by atoms with Gasteiger partial charge in [-0.05, 0) is 43.5 Å². The molecule has 2 unspecified atom stereocenters. The topological polar surface area (TPSA) is 12.0 Å². The molecule has 0 aromatic rings. The standard InChI is InChI=1S/C9H15ClF3NS/c10-8-2-1-7(5-8)6-14-3-4-15-9(11,12)13/h7-8,14H,1-6H2. The zero-order valence-corrected chi connectivity index (χ0v) is 9.89. The van der Waals surface area contributed by atoms with Crippen LogP contribution < -0.4 is 5.32 Å². The van der Waals surface area contributed by atoms with Crippen LogP contribution in [0.1, 0.15) is 19.3 Å². The summed E-state index contributed by atoms with van der Waals surface area (Å²) in [6, 6.07) is 0. The average molecular weight is 262 g/mol. The van der Waals surface area contributed by atoms with Crippen LogP contribution in [0, 0.1) is 5.92 Å². The fourth-order valence-corrected chi connectivity index (χ4v) is 2.60. The molecule has 1 rings (SSSR count). The second-order valence-corrected chi connectivity index (χ2v) is 5.55. The van der Waals surface area contributed by atoms with Crippen LogP contribution in [0.25, 0.3) is 0 Å². The van der Waals surface area contributed by atoms with E-state index >= 15 is 0 Å². The molecule has 0 aromatic carbocycles. The smallest absolute Gasteiger partial charge is 0.316 e. The highest BCUT2D eigenvalue weighted by atomic mass is 35.5. The maximum atomic E-state index is 11.8. The molecule has 0 bridgehead atoms. The van der Waals surface area contributed by atoms with E-state index in [1.807, 2.05) is 0 Å². The van der Waals surface area contributed by atoms with E-state index in [1.165, 1.54) is 0 Å². The predicted molar refractivity (Wildman–Crippen MR) is 58.4 cm³/mol. The Kier molecular flexibility index (Phi) is 5.57. The van der Waals surface area contributed by atoms with Gasteiger partial charge in [0.15, 0.2) is 0 Å². The van der Waals surface area contributed by atoms with Gasteiger partial charge in [0, 0.05) is 17.7 Å². The molecule has 1 saturated carbocycles. The number of alkyl halides is 4. The molecular formula is C9H15ClF3NS. The zero-order chi connectivity index (χ0) is 11.3. The van der Waals surface area contributed by atoms with Gasteiger partial charge in [-0.2, -0.15) is 13.2 Å². The van der Waals surface area contributed by atoms with E-state index in [4.69, 9.17) is 11.6 Å². The molecular weight excluding hydrogens is 247 g/mol. The van der Waals surface area contributed by atoms with E-state index < -0.39 is 5.51 Å². The number of halogens is 4. The van der Waals surface area contributed by atoms with E-state index in [0.717, 1.165) is 25.8 Å². The molecule has 0 saturated heterocycles. The Morgan fingerprint density at radius 3 is 2.60 bits per heavy atom. The van der Waals surface area contributed by atoms with E-state index in [2.05, 4.69) is 5.32 Å². The molecule has 90 valence electrons. The van der Waals surface area contributed by atoms with Gasteiger partial charge >= 0.3 is 5.51 Å². The maximum absolute atomic E-state index is 11.8. The predicted octanol–water partition coefficient (Wildman–Crippen LogP) is 3.24. The van der Waals surface area contributed by atoms with E-state index in [9.17, 15) is 13.2 Å². The van der Waals surface area contributed by atoms with Crippen molar-refractivity contribution < 1.29 is 13.2 Å². The minimum absolute atomic E-state index is 0.0280. The highest BCUT2D eigenvalue weighted by Crippen LogP contribution is 2.30. The summed E-state index contributed by atoms with van der Waals surface area (Å²) in [6.45, 7) is 1.20. The molecule has 0 aromatic heterocycles. The van der Waals surface area contributed by atoms with E-state index in [1.54, 1.807) is 0 Å². The first-order valence-electron chi connectivity index (χ1n) is 5.03. The third kappa shape index (κ3) is 6.53. The summed E-state index contributed by atoms with van der Waals surface area (Å²) in [5.41, 5.74) is -4.10. The normalized spacial score (nSPS) is 27.2. The lowest BCUT2D eigenvalue weighted by Crippen LogP contribution is -2.24. The fraction of sp³-hybridized carbons (Fsp3) is 1.00. The van der Waals surface area contributed by atoms with Crippen molar-refractivity contribution in [3.05, 3.63) is 0 Å². The van der Waals surface area contributed by atoms with Crippen LogP contribution in [-0.4, -0.2) is 29.7 Å². The minimum Gasteiger partial charge on any atom is -0.316 e. The Hall–Kier alpha value is 0.390. The van der Waals surface area contributed by atoms with Crippen LogP contribution in [0.5, 0.6) is 0 Å². The Balaban J connectivity index is 1.93. The summed E-state index contributed by atoms with van der Waals surface area (Å²) < 4.78 is 35.3. The van der Waals surface area contributed by atoms with Crippen LogP contribution in [0.15, 0.2) is 0 Å². The first kappa shape index (κ1) is 13.5. The van der Waals surface area contributed by atoms with Gasteiger partial charge in [-0.3, -0.25) is 0 Å². The highest BCUT2D eigenvalue weighted by molar-refractivity contribution is 8.00. The molecule has 1 nitrogen and oxygen atoms in total. The van der Waals surface area contributed by atoms with Crippen molar-refractivity contribution in [3.63, 3.8) is 0 Å². The monoisotopic (exact) mass is 261 g/mol. The number of nitrogens with one attached hydrogen (secondary N) is 1. The average Bonchev–Trinajstić information content (AvgIpc) is 2.49. The van der Waals surface area contributed by atoms with Crippen LogP contribution in [0.2, 0.25) is 0 Å². The molecule has 0 radical (unpaired) electrons. The maximum Gasteiger partial charge on any atom is 0.441 e. The van der Waals surface area contributed by atoms with Crippen LogP contribution in [0.3, 0.4) is 0 Å². The number of rotatable bonds is 5. The van der Waals surface area contributed by atoms with Gasteiger partial charge in [0.05, 0.1) is 0 Å². The lowest BCUT2D eigenvalue weighted by Gasteiger charge is -2.11. The molecule has 1 aliphatic carbocycles. The van der Waals surface area contributed by atoms with Gasteiger partial charge in [0.1, 0.15) is 0 Å². The summed E-state index contributed by atoms with van der Waals surface area (Å²) in [4.78, 5) is 0. The Morgan fingerprint density at radius 2 is 2.07 bits per heavy atom. The zero-order valence-electron chi connectivity index (χ0n) is 8.32. The van der Waals surface area contributed by atoms with Crippen LogP contribution in [-0.2, 0) is 0 Å². The van der Waals surface area contributed by atoms with Gasteiger partial charge in [-0.1, -0.05) is 0 Å². The summed E-state index contributed by atoms with van der Waals surface area (Å²) in [7, 11) is 0. The molecule has 15 heavy (non-hydrogen) atoms. The van der Waals surface area contributed by atoms with Gasteiger partial charge in [0.25, 0.3) is 0 Å². The molecule has 0 aliphatic heterocycles. The van der Waals surface area contributed by atoms with Crippen LogP contribution >= 0.6 is 23.4 Å². The molecule has 0 heterocycles. The minimum atomic E-state index is -4.10. The van der Waals surface area contributed by atoms with Crippen molar-refractivity contribution in [1.82, 2.24) is 5.32 Å². The lowest BCUT2D eigenvalue weighted by atomic mass is 10.1. The van der Waals surface area contributed by atoms with Gasteiger partial charge in [-0.15, -0.1) is 11.6 Å². The second kappa shape index (κ2) is 6.21. The van der Waals surface area contributed by atoms with E-state index in [0.29, 0.717) is 12.5 Å². The highest BCUT2D eigenvalue weighted by Gasteiger charge is 2.27. The molecule has 6 heteroatoms. The Morgan fingerprint density at radius 1 is 1.33 bits per heavy atom.